The lowest BCUT2D eigenvalue weighted by atomic mass is 9.89. The molecular weight excluding hydrogens is 474 g/mol. The van der Waals surface area contributed by atoms with Crippen molar-refractivity contribution in [2.75, 3.05) is 7.11 Å². The molecule has 1 aliphatic heterocycles. The Morgan fingerprint density at radius 3 is 2.62 bits per heavy atom. The lowest BCUT2D eigenvalue weighted by molar-refractivity contribution is -0.134. The number of ketones is 1. The van der Waals surface area contributed by atoms with E-state index >= 15 is 0 Å². The normalized spacial score (nSPS) is 14.4. The summed E-state index contributed by atoms with van der Waals surface area (Å²) in [6.45, 7) is 2.39. The molecule has 7 heteroatoms. The Morgan fingerprint density at radius 2 is 1.97 bits per heavy atom. The first-order valence-corrected chi connectivity index (χ1v) is 11.3. The zero-order valence-electron chi connectivity index (χ0n) is 18.1. The van der Waals surface area contributed by atoms with E-state index in [4.69, 9.17) is 9.47 Å². The number of allylic oxidation sites excluding steroid dienone is 1. The van der Waals surface area contributed by atoms with Gasteiger partial charge in [-0.15, -0.1) is 0 Å². The van der Waals surface area contributed by atoms with E-state index in [0.717, 1.165) is 15.6 Å². The number of aliphatic imine (C=N–C) groups is 1. The first kappa shape index (κ1) is 23.7. The molecule has 1 aliphatic rings. The second-order valence-electron chi connectivity index (χ2n) is 7.52. The average Bonchev–Trinajstić information content (AvgIpc) is 2.79. The topological polar surface area (TPSA) is 85.2 Å². The molecule has 0 amide bonds. The van der Waals surface area contributed by atoms with Crippen molar-refractivity contribution in [3.63, 3.8) is 0 Å². The number of rotatable bonds is 10. The number of benzene rings is 2. The Hall–Kier alpha value is -2.93. The van der Waals surface area contributed by atoms with E-state index in [-0.39, 0.29) is 23.7 Å². The number of halogens is 1. The smallest absolute Gasteiger partial charge is 0.341 e. The highest BCUT2D eigenvalue weighted by Gasteiger charge is 2.28. The minimum Gasteiger partial charge on any atom is -0.493 e. The fourth-order valence-corrected chi connectivity index (χ4v) is 4.24. The van der Waals surface area contributed by atoms with Crippen molar-refractivity contribution in [2.45, 2.75) is 39.2 Å². The van der Waals surface area contributed by atoms with Crippen LogP contribution in [-0.2, 0) is 22.6 Å². The Bertz CT molecular complexity index is 1050. The summed E-state index contributed by atoms with van der Waals surface area (Å²) in [6.07, 6.45) is 3.53. The molecule has 32 heavy (non-hydrogen) atoms. The van der Waals surface area contributed by atoms with Gasteiger partial charge in [0.2, 0.25) is 0 Å². The molecule has 1 atom stereocenters. The third-order valence-electron chi connectivity index (χ3n) is 5.47. The van der Waals surface area contributed by atoms with Crippen molar-refractivity contribution < 1.29 is 24.2 Å². The van der Waals surface area contributed by atoms with Crippen LogP contribution in [0.25, 0.3) is 0 Å². The SMILES string of the molecule is CCC(CCc1cc(OCc2ccccc2)c(OC)cc1Br)C1=C(C(=O)O)C(=O)CC=N1. The maximum Gasteiger partial charge on any atom is 0.341 e. The predicted molar refractivity (Wildman–Crippen MR) is 126 cm³/mol. The molecule has 0 bridgehead atoms. The third kappa shape index (κ3) is 5.65. The predicted octanol–water partition coefficient (Wildman–Crippen LogP) is 5.38. The minimum atomic E-state index is -1.21. The van der Waals surface area contributed by atoms with Gasteiger partial charge in [0.15, 0.2) is 17.3 Å². The van der Waals surface area contributed by atoms with Crippen LogP contribution in [-0.4, -0.2) is 30.2 Å². The van der Waals surface area contributed by atoms with Crippen molar-refractivity contribution in [3.05, 3.63) is 69.3 Å². The summed E-state index contributed by atoms with van der Waals surface area (Å²) in [4.78, 5) is 28.1. The highest BCUT2D eigenvalue weighted by molar-refractivity contribution is 9.10. The van der Waals surface area contributed by atoms with Crippen molar-refractivity contribution in [1.29, 1.82) is 0 Å². The first-order valence-electron chi connectivity index (χ1n) is 10.5. The Balaban J connectivity index is 1.80. The van der Waals surface area contributed by atoms with E-state index in [1.54, 1.807) is 7.11 Å². The number of carbonyl (C=O) groups is 2. The van der Waals surface area contributed by atoms with E-state index in [9.17, 15) is 14.7 Å². The van der Waals surface area contributed by atoms with Gasteiger partial charge in [-0.2, -0.15) is 0 Å². The summed E-state index contributed by atoms with van der Waals surface area (Å²) >= 11 is 3.61. The number of hydrogen-bond acceptors (Lipinski definition) is 5. The molecule has 0 aromatic heterocycles. The number of aryl methyl sites for hydroxylation is 1. The Kier molecular flexibility index (Phi) is 8.22. The number of carboxylic acids is 1. The standard InChI is InChI=1S/C25H26BrNO5/c1-3-17(24-23(25(29)30)20(28)11-12-27-24)9-10-18-13-22(21(31-2)14-19(18)26)32-15-16-7-5-4-6-8-16/h4-8,12-14,17H,3,9-11,15H2,1-2H3,(H,29,30). The van der Waals surface area contributed by atoms with Gasteiger partial charge in [-0.25, -0.2) is 4.79 Å². The number of hydrogen-bond donors (Lipinski definition) is 1. The first-order chi connectivity index (χ1) is 15.4. The number of aliphatic carboxylic acids is 1. The van der Waals surface area contributed by atoms with E-state index < -0.39 is 5.97 Å². The highest BCUT2D eigenvalue weighted by Crippen LogP contribution is 2.36. The van der Waals surface area contributed by atoms with Crippen molar-refractivity contribution >= 4 is 33.9 Å². The zero-order valence-corrected chi connectivity index (χ0v) is 19.7. The van der Waals surface area contributed by atoms with Crippen LogP contribution in [0, 0.1) is 5.92 Å². The van der Waals surface area contributed by atoms with Crippen molar-refractivity contribution in [1.82, 2.24) is 0 Å². The molecular formula is C25H26BrNO5. The number of nitrogens with zero attached hydrogens (tertiary/aromatic N) is 1. The number of carboxylic acid groups (broad SMARTS) is 1. The Morgan fingerprint density at radius 1 is 1.22 bits per heavy atom. The number of Topliss-reactive ketones (excluding diaryl/α,β-unsaturated/α-hetero) is 1. The van der Waals surface area contributed by atoms with Crippen LogP contribution in [0.5, 0.6) is 11.5 Å². The summed E-state index contributed by atoms with van der Waals surface area (Å²) in [5.74, 6) is -0.462. The van der Waals surface area contributed by atoms with Crippen LogP contribution in [0.4, 0.5) is 0 Å². The molecule has 1 N–H and O–H groups in total. The lowest BCUT2D eigenvalue weighted by Gasteiger charge is -2.21. The van der Waals surface area contributed by atoms with E-state index in [2.05, 4.69) is 20.9 Å². The summed E-state index contributed by atoms with van der Waals surface area (Å²) in [5, 5.41) is 9.51. The molecule has 2 aromatic carbocycles. The van der Waals surface area contributed by atoms with Crippen LogP contribution in [0.3, 0.4) is 0 Å². The van der Waals surface area contributed by atoms with E-state index in [1.807, 2.05) is 49.4 Å². The van der Waals surface area contributed by atoms with Gasteiger partial charge in [0.25, 0.3) is 0 Å². The average molecular weight is 500 g/mol. The van der Waals surface area contributed by atoms with Crippen LogP contribution in [0.15, 0.2) is 63.2 Å². The largest absolute Gasteiger partial charge is 0.493 e. The molecule has 0 spiro atoms. The molecule has 168 valence electrons. The monoisotopic (exact) mass is 499 g/mol. The van der Waals surface area contributed by atoms with Crippen molar-refractivity contribution in [2.24, 2.45) is 10.9 Å². The maximum absolute atomic E-state index is 12.1. The molecule has 0 saturated heterocycles. The number of carbonyl (C=O) groups excluding carboxylic acids is 1. The molecule has 0 aliphatic carbocycles. The van der Waals surface area contributed by atoms with E-state index in [0.29, 0.717) is 43.1 Å². The third-order valence-corrected chi connectivity index (χ3v) is 6.21. The molecule has 0 radical (unpaired) electrons. The minimum absolute atomic E-state index is 0.0354. The lowest BCUT2D eigenvalue weighted by Crippen LogP contribution is -2.21. The van der Waals surface area contributed by atoms with E-state index in [1.165, 1.54) is 6.21 Å². The Labute approximate surface area is 196 Å². The van der Waals surface area contributed by atoms with Crippen LogP contribution in [0.1, 0.15) is 37.3 Å². The van der Waals surface area contributed by atoms with Gasteiger partial charge in [0.05, 0.1) is 12.8 Å². The number of ether oxygens (including phenoxy) is 2. The summed E-state index contributed by atoms with van der Waals surface area (Å²) < 4.78 is 12.4. The number of methoxy groups -OCH3 is 1. The zero-order chi connectivity index (χ0) is 23.1. The van der Waals surface area contributed by atoms with Crippen molar-refractivity contribution in [3.8, 4) is 11.5 Å². The molecule has 1 unspecified atom stereocenters. The molecule has 2 aromatic rings. The van der Waals surface area contributed by atoms with Gasteiger partial charge < -0.3 is 14.6 Å². The van der Waals surface area contributed by atoms with Crippen LogP contribution in [0.2, 0.25) is 0 Å². The second kappa shape index (κ2) is 11.1. The fourth-order valence-electron chi connectivity index (χ4n) is 3.72. The van der Waals surface area contributed by atoms with Gasteiger partial charge in [-0.1, -0.05) is 53.2 Å². The van der Waals surface area contributed by atoms with Gasteiger partial charge in [0, 0.05) is 23.0 Å². The van der Waals surface area contributed by atoms with Gasteiger partial charge in [-0.3, -0.25) is 9.79 Å². The van der Waals surface area contributed by atoms with Gasteiger partial charge >= 0.3 is 5.97 Å². The fraction of sp³-hybridized carbons (Fsp3) is 0.320. The van der Waals surface area contributed by atoms with Gasteiger partial charge in [-0.05, 0) is 42.5 Å². The summed E-state index contributed by atoms with van der Waals surface area (Å²) in [5.41, 5.74) is 2.26. The quantitative estimate of drug-likeness (QED) is 0.443. The van der Waals surface area contributed by atoms with Crippen LogP contribution >= 0.6 is 15.9 Å². The molecule has 0 saturated carbocycles. The summed E-state index contributed by atoms with van der Waals surface area (Å²) in [6, 6.07) is 13.7. The molecule has 6 nitrogen and oxygen atoms in total. The molecule has 1 heterocycles. The highest BCUT2D eigenvalue weighted by atomic mass is 79.9. The maximum atomic E-state index is 12.1. The van der Waals surface area contributed by atoms with Crippen LogP contribution < -0.4 is 9.47 Å². The molecule has 3 rings (SSSR count). The molecule has 0 fully saturated rings. The second-order valence-corrected chi connectivity index (χ2v) is 8.37. The summed E-state index contributed by atoms with van der Waals surface area (Å²) in [7, 11) is 1.60. The van der Waals surface area contributed by atoms with Gasteiger partial charge in [0.1, 0.15) is 12.2 Å².